The van der Waals surface area contributed by atoms with Crippen LogP contribution < -0.4 is 22.2 Å². The number of nitrogens with zero attached hydrogens (tertiary/aromatic N) is 6. The zero-order chi connectivity index (χ0) is 31.3. The van der Waals surface area contributed by atoms with E-state index in [-0.39, 0.29) is 25.1 Å². The second-order valence-corrected chi connectivity index (χ2v) is 12.4. The van der Waals surface area contributed by atoms with Crippen molar-refractivity contribution in [2.75, 3.05) is 74.7 Å². The normalized spacial score (nSPS) is 13.6. The quantitative estimate of drug-likeness (QED) is 0.134. The minimum absolute atomic E-state index is 0.0228. The Hall–Kier alpha value is -3.08. The maximum Gasteiger partial charge on any atom is 0.222 e. The van der Waals surface area contributed by atoms with Gasteiger partial charge in [-0.3, -0.25) is 4.90 Å². The molecule has 0 bridgehead atoms. The second-order valence-electron chi connectivity index (χ2n) is 9.31. The molecule has 0 spiro atoms. The first-order valence-electron chi connectivity index (χ1n) is 13.6. The molecule has 0 saturated carbocycles. The fourth-order valence-corrected chi connectivity index (χ4v) is 5.85. The molecule has 2 aromatic carbocycles. The van der Waals surface area contributed by atoms with Crippen molar-refractivity contribution in [1.29, 1.82) is 0 Å². The molecule has 1 aliphatic heterocycles. The Morgan fingerprint density at radius 2 is 1.23 bits per heavy atom. The standard InChI is InChI=1S/C16H21ClN6OS.C12H13ClN4OS/c17-12-1-3-13(4-2-12)25-14-11-19-16(18)20-15(14)21-23-7-5-22(6-8-23)9-10-24;13-8-1-3-9(4-2-8)19-10-7-16-12(14)17-11(10)15-5-6-18/h1-4,11,24H,5-10H2,(H3,18,19,20,21);1-4,7,18H,5-6H2,(H3,14,15,16,17). The lowest BCUT2D eigenvalue weighted by Crippen LogP contribution is -2.49. The van der Waals surface area contributed by atoms with Crippen molar-refractivity contribution in [3.8, 4) is 0 Å². The molecule has 8 N–H and O–H groups in total. The first-order chi connectivity index (χ1) is 21.3. The van der Waals surface area contributed by atoms with E-state index in [4.69, 9.17) is 44.9 Å². The number of nitrogens with two attached hydrogens (primary N) is 2. The highest BCUT2D eigenvalue weighted by atomic mass is 35.5. The number of piperazine rings is 1. The summed E-state index contributed by atoms with van der Waals surface area (Å²) >= 11 is 14.8. The average molecular weight is 678 g/mol. The maximum atomic E-state index is 9.03. The van der Waals surface area contributed by atoms with E-state index in [1.807, 2.05) is 48.5 Å². The molecule has 0 amide bonds. The molecule has 3 heterocycles. The lowest BCUT2D eigenvalue weighted by Gasteiger charge is -2.34. The van der Waals surface area contributed by atoms with Crippen molar-refractivity contribution in [3.05, 3.63) is 71.0 Å². The number of hydrogen-bond acceptors (Lipinski definition) is 14. The minimum Gasteiger partial charge on any atom is -0.395 e. The van der Waals surface area contributed by atoms with Gasteiger partial charge in [0.2, 0.25) is 11.9 Å². The van der Waals surface area contributed by atoms with Gasteiger partial charge < -0.3 is 32.4 Å². The lowest BCUT2D eigenvalue weighted by molar-refractivity contribution is 0.127. The van der Waals surface area contributed by atoms with Gasteiger partial charge in [0.15, 0.2) is 5.82 Å². The largest absolute Gasteiger partial charge is 0.395 e. The highest BCUT2D eigenvalue weighted by Crippen LogP contribution is 2.34. The Morgan fingerprint density at radius 3 is 1.73 bits per heavy atom. The van der Waals surface area contributed by atoms with Crippen molar-refractivity contribution in [2.45, 2.75) is 19.6 Å². The molecule has 0 radical (unpaired) electrons. The Kier molecular flexibility index (Phi) is 13.4. The number of anilines is 4. The van der Waals surface area contributed by atoms with Gasteiger partial charge in [0.25, 0.3) is 0 Å². The molecule has 5 rings (SSSR count). The van der Waals surface area contributed by atoms with Crippen LogP contribution in [0.25, 0.3) is 0 Å². The van der Waals surface area contributed by atoms with Gasteiger partial charge in [-0.15, -0.1) is 0 Å². The Bertz CT molecular complexity index is 1460. The molecule has 12 nitrogen and oxygen atoms in total. The molecular weight excluding hydrogens is 643 g/mol. The van der Waals surface area contributed by atoms with Crippen molar-refractivity contribution < 1.29 is 10.2 Å². The van der Waals surface area contributed by atoms with Crippen LogP contribution in [0.3, 0.4) is 0 Å². The molecule has 0 aliphatic carbocycles. The molecular formula is C28H34Cl2N10O2S2. The number of nitrogen functional groups attached to an aromatic ring is 2. The van der Waals surface area contributed by atoms with Crippen LogP contribution >= 0.6 is 46.7 Å². The summed E-state index contributed by atoms with van der Waals surface area (Å²) in [5.74, 6) is 1.74. The molecule has 1 saturated heterocycles. The number of aromatic nitrogens is 4. The van der Waals surface area contributed by atoms with Crippen LogP contribution in [0.15, 0.2) is 80.5 Å². The van der Waals surface area contributed by atoms with E-state index < -0.39 is 0 Å². The summed E-state index contributed by atoms with van der Waals surface area (Å²) in [4.78, 5) is 22.6. The monoisotopic (exact) mass is 676 g/mol. The van der Waals surface area contributed by atoms with Crippen LogP contribution in [0.2, 0.25) is 10.0 Å². The highest BCUT2D eigenvalue weighted by molar-refractivity contribution is 7.99. The third-order valence-corrected chi connectivity index (χ3v) is 8.64. The molecule has 44 heavy (non-hydrogen) atoms. The average Bonchev–Trinajstić information content (AvgIpc) is 3.02. The summed E-state index contributed by atoms with van der Waals surface area (Å²) in [7, 11) is 0. The number of aliphatic hydroxyl groups excluding tert-OH is 2. The Labute approximate surface area is 274 Å². The van der Waals surface area contributed by atoms with Gasteiger partial charge in [0.05, 0.1) is 23.0 Å². The second kappa shape index (κ2) is 17.4. The van der Waals surface area contributed by atoms with Crippen molar-refractivity contribution in [3.63, 3.8) is 0 Å². The zero-order valence-electron chi connectivity index (χ0n) is 23.7. The van der Waals surface area contributed by atoms with Crippen LogP contribution in [0.4, 0.5) is 23.5 Å². The van der Waals surface area contributed by atoms with Gasteiger partial charge >= 0.3 is 0 Å². The van der Waals surface area contributed by atoms with Crippen LogP contribution in [0.5, 0.6) is 0 Å². The van der Waals surface area contributed by atoms with Crippen LogP contribution in [-0.4, -0.2) is 92.5 Å². The van der Waals surface area contributed by atoms with Crippen LogP contribution in [-0.2, 0) is 0 Å². The first-order valence-corrected chi connectivity index (χ1v) is 16.0. The predicted octanol–water partition coefficient (Wildman–Crippen LogP) is 4.07. The molecule has 0 unspecified atom stereocenters. The van der Waals surface area contributed by atoms with E-state index in [0.29, 0.717) is 34.8 Å². The molecule has 2 aromatic heterocycles. The summed E-state index contributed by atoms with van der Waals surface area (Å²) in [6.45, 7) is 4.81. The fraction of sp³-hybridized carbons (Fsp3) is 0.286. The van der Waals surface area contributed by atoms with Gasteiger partial charge in [-0.2, -0.15) is 9.97 Å². The minimum atomic E-state index is 0.0228. The van der Waals surface area contributed by atoms with E-state index in [2.05, 4.69) is 40.6 Å². The van der Waals surface area contributed by atoms with E-state index in [1.54, 1.807) is 24.2 Å². The number of aliphatic hydroxyl groups is 2. The van der Waals surface area contributed by atoms with Crippen molar-refractivity contribution in [2.24, 2.45) is 0 Å². The van der Waals surface area contributed by atoms with Crippen molar-refractivity contribution >= 4 is 70.3 Å². The predicted molar refractivity (Wildman–Crippen MR) is 178 cm³/mol. The number of nitrogens with one attached hydrogen (secondary N) is 2. The molecule has 1 fully saturated rings. The number of rotatable bonds is 11. The summed E-state index contributed by atoms with van der Waals surface area (Å²) in [6.07, 6.45) is 3.38. The first kappa shape index (κ1) is 33.8. The number of hydrogen-bond donors (Lipinski definition) is 6. The van der Waals surface area contributed by atoms with Gasteiger partial charge in [-0.1, -0.05) is 46.7 Å². The third-order valence-electron chi connectivity index (χ3n) is 6.09. The summed E-state index contributed by atoms with van der Waals surface area (Å²) in [5.41, 5.74) is 14.7. The van der Waals surface area contributed by atoms with Gasteiger partial charge in [-0.25, -0.2) is 15.0 Å². The maximum absolute atomic E-state index is 9.03. The number of β-amino-alcohol motifs (C(OH)–C–C–N with tert-alkyl or cyclic N) is 1. The lowest BCUT2D eigenvalue weighted by atomic mass is 10.3. The van der Waals surface area contributed by atoms with Crippen molar-refractivity contribution in [1.82, 2.24) is 29.8 Å². The third kappa shape index (κ3) is 10.8. The topological polar surface area (TPSA) is 175 Å². The summed E-state index contributed by atoms with van der Waals surface area (Å²) in [6, 6.07) is 15.1. The molecule has 0 atom stereocenters. The van der Waals surface area contributed by atoms with Gasteiger partial charge in [-0.05, 0) is 48.5 Å². The van der Waals surface area contributed by atoms with E-state index in [0.717, 1.165) is 45.8 Å². The summed E-state index contributed by atoms with van der Waals surface area (Å²) in [5, 5.41) is 24.4. The number of hydrazine groups is 1. The van der Waals surface area contributed by atoms with E-state index in [1.165, 1.54) is 11.8 Å². The number of benzene rings is 2. The Balaban J connectivity index is 0.000000209. The SMILES string of the molecule is Nc1ncc(Sc2ccc(Cl)cc2)c(NCCO)n1.Nc1ncc(Sc2ccc(Cl)cc2)c(NN2CCN(CCO)CC2)n1. The van der Waals surface area contributed by atoms with Crippen LogP contribution in [0.1, 0.15) is 0 Å². The Morgan fingerprint density at radius 1 is 0.727 bits per heavy atom. The summed E-state index contributed by atoms with van der Waals surface area (Å²) < 4.78 is 0. The molecule has 234 valence electrons. The van der Waals surface area contributed by atoms with Gasteiger partial charge in [0, 0.05) is 71.5 Å². The zero-order valence-corrected chi connectivity index (χ0v) is 26.9. The highest BCUT2D eigenvalue weighted by Gasteiger charge is 2.18. The molecule has 4 aromatic rings. The molecule has 16 heteroatoms. The smallest absolute Gasteiger partial charge is 0.222 e. The number of halogens is 2. The van der Waals surface area contributed by atoms with E-state index in [9.17, 15) is 0 Å². The fourth-order valence-electron chi connectivity index (χ4n) is 3.93. The molecule has 1 aliphatic rings. The van der Waals surface area contributed by atoms with E-state index >= 15 is 0 Å². The van der Waals surface area contributed by atoms with Crippen LogP contribution in [0, 0.1) is 0 Å². The van der Waals surface area contributed by atoms with Gasteiger partial charge in [0.1, 0.15) is 5.82 Å².